The summed E-state index contributed by atoms with van der Waals surface area (Å²) in [5, 5.41) is 5.36. The number of ether oxygens (including phenoxy) is 1. The molecule has 0 atom stereocenters. The first-order valence-corrected chi connectivity index (χ1v) is 9.02. The summed E-state index contributed by atoms with van der Waals surface area (Å²) in [4.78, 5) is 49.2. The standard InChI is InChI=1S/C19H23N3O5/c1-13-6-2-3-7-14(13)10-20-15(23)12-27-16(24)11-22-17(25)19(21-18(22)26)8-4-5-9-19/h2-3,6-7H,4-5,8-12H2,1H3,(H,20,23)(H,21,26). The highest BCUT2D eigenvalue weighted by Crippen LogP contribution is 2.34. The van der Waals surface area contributed by atoms with E-state index in [1.54, 1.807) is 0 Å². The van der Waals surface area contributed by atoms with Crippen LogP contribution in [0.5, 0.6) is 0 Å². The zero-order chi connectivity index (χ0) is 19.4. The van der Waals surface area contributed by atoms with E-state index in [0.717, 1.165) is 28.9 Å². The van der Waals surface area contributed by atoms with Gasteiger partial charge in [-0.3, -0.25) is 19.3 Å². The predicted octanol–water partition coefficient (Wildman–Crippen LogP) is 1.02. The molecule has 2 fully saturated rings. The van der Waals surface area contributed by atoms with Crippen molar-refractivity contribution in [2.45, 2.75) is 44.7 Å². The van der Waals surface area contributed by atoms with Gasteiger partial charge in [-0.1, -0.05) is 37.1 Å². The van der Waals surface area contributed by atoms with E-state index < -0.39 is 36.6 Å². The van der Waals surface area contributed by atoms with Crippen LogP contribution in [0.1, 0.15) is 36.8 Å². The van der Waals surface area contributed by atoms with Crippen molar-refractivity contribution in [3.05, 3.63) is 35.4 Å². The lowest BCUT2D eigenvalue weighted by atomic mass is 9.98. The Hall–Kier alpha value is -2.90. The molecule has 1 aromatic carbocycles. The third-order valence-electron chi connectivity index (χ3n) is 5.09. The third-order valence-corrected chi connectivity index (χ3v) is 5.09. The molecular formula is C19H23N3O5. The molecule has 0 radical (unpaired) electrons. The first-order chi connectivity index (χ1) is 12.9. The summed E-state index contributed by atoms with van der Waals surface area (Å²) in [5.74, 6) is -1.62. The summed E-state index contributed by atoms with van der Waals surface area (Å²) >= 11 is 0. The van der Waals surface area contributed by atoms with Gasteiger partial charge in [-0.2, -0.15) is 0 Å². The molecule has 8 nitrogen and oxygen atoms in total. The fraction of sp³-hybridized carbons (Fsp3) is 0.474. The fourth-order valence-electron chi connectivity index (χ4n) is 3.51. The second kappa shape index (κ2) is 7.77. The van der Waals surface area contributed by atoms with Crippen molar-refractivity contribution in [2.75, 3.05) is 13.2 Å². The molecule has 8 heteroatoms. The van der Waals surface area contributed by atoms with Crippen LogP contribution in [0.4, 0.5) is 4.79 Å². The molecule has 1 aliphatic carbocycles. The van der Waals surface area contributed by atoms with Gasteiger partial charge in [0.2, 0.25) is 0 Å². The second-order valence-electron chi connectivity index (χ2n) is 6.97. The van der Waals surface area contributed by atoms with E-state index in [4.69, 9.17) is 4.74 Å². The van der Waals surface area contributed by atoms with E-state index in [2.05, 4.69) is 10.6 Å². The highest BCUT2D eigenvalue weighted by atomic mass is 16.5. The molecule has 1 aromatic rings. The molecular weight excluding hydrogens is 350 g/mol. The van der Waals surface area contributed by atoms with Crippen LogP contribution in [0.25, 0.3) is 0 Å². The summed E-state index contributed by atoms with van der Waals surface area (Å²) < 4.78 is 4.91. The molecule has 4 amide bonds. The molecule has 2 aliphatic rings. The van der Waals surface area contributed by atoms with Gasteiger partial charge in [0.05, 0.1) is 0 Å². The Labute approximate surface area is 157 Å². The van der Waals surface area contributed by atoms with Gasteiger partial charge in [0.15, 0.2) is 6.61 Å². The molecule has 1 spiro atoms. The van der Waals surface area contributed by atoms with E-state index in [1.165, 1.54) is 0 Å². The minimum absolute atomic E-state index is 0.332. The van der Waals surface area contributed by atoms with Crippen LogP contribution in [0, 0.1) is 6.92 Å². The Kier molecular flexibility index (Phi) is 5.43. The van der Waals surface area contributed by atoms with Crippen molar-refractivity contribution in [1.82, 2.24) is 15.5 Å². The van der Waals surface area contributed by atoms with Crippen LogP contribution < -0.4 is 10.6 Å². The first kappa shape index (κ1) is 18.9. The van der Waals surface area contributed by atoms with Crippen LogP contribution >= 0.6 is 0 Å². The summed E-state index contributed by atoms with van der Waals surface area (Å²) in [7, 11) is 0. The lowest BCUT2D eigenvalue weighted by Gasteiger charge is -2.19. The van der Waals surface area contributed by atoms with Gasteiger partial charge in [0.25, 0.3) is 11.8 Å². The Morgan fingerprint density at radius 1 is 1.22 bits per heavy atom. The third kappa shape index (κ3) is 4.10. The van der Waals surface area contributed by atoms with Crippen molar-refractivity contribution >= 4 is 23.8 Å². The molecule has 1 saturated carbocycles. The second-order valence-corrected chi connectivity index (χ2v) is 6.97. The lowest BCUT2D eigenvalue weighted by Crippen LogP contribution is -2.44. The predicted molar refractivity (Wildman–Crippen MR) is 95.4 cm³/mol. The average Bonchev–Trinajstić information content (AvgIpc) is 3.20. The number of benzene rings is 1. The lowest BCUT2D eigenvalue weighted by molar-refractivity contribution is -0.151. The number of imide groups is 1. The van der Waals surface area contributed by atoms with Crippen molar-refractivity contribution in [3.63, 3.8) is 0 Å². The molecule has 0 unspecified atom stereocenters. The first-order valence-electron chi connectivity index (χ1n) is 9.02. The smallest absolute Gasteiger partial charge is 0.326 e. The molecule has 0 bridgehead atoms. The highest BCUT2D eigenvalue weighted by molar-refractivity contribution is 6.08. The number of nitrogens with one attached hydrogen (secondary N) is 2. The zero-order valence-electron chi connectivity index (χ0n) is 15.2. The number of carbonyl (C=O) groups is 4. The number of urea groups is 1. The Bertz CT molecular complexity index is 770. The normalized spacial score (nSPS) is 17.9. The van der Waals surface area contributed by atoms with E-state index in [-0.39, 0.29) is 5.91 Å². The van der Waals surface area contributed by atoms with E-state index >= 15 is 0 Å². The van der Waals surface area contributed by atoms with Crippen LogP contribution in [-0.4, -0.2) is 47.4 Å². The maximum absolute atomic E-state index is 12.5. The van der Waals surface area contributed by atoms with Crippen LogP contribution in [0.2, 0.25) is 0 Å². The topological polar surface area (TPSA) is 105 Å². The minimum atomic E-state index is -0.859. The van der Waals surface area contributed by atoms with Crippen molar-refractivity contribution < 1.29 is 23.9 Å². The molecule has 1 heterocycles. The highest BCUT2D eigenvalue weighted by Gasteiger charge is 2.52. The van der Waals surface area contributed by atoms with Gasteiger partial charge in [0.1, 0.15) is 12.1 Å². The largest absolute Gasteiger partial charge is 0.454 e. The van der Waals surface area contributed by atoms with Crippen molar-refractivity contribution in [3.8, 4) is 0 Å². The van der Waals surface area contributed by atoms with E-state index in [1.807, 2.05) is 31.2 Å². The summed E-state index contributed by atoms with van der Waals surface area (Å²) in [5.41, 5.74) is 1.16. The monoisotopic (exact) mass is 373 g/mol. The maximum atomic E-state index is 12.5. The summed E-state index contributed by atoms with van der Waals surface area (Å²) in [6.07, 6.45) is 2.91. The number of hydrogen-bond acceptors (Lipinski definition) is 5. The number of nitrogens with zero attached hydrogens (tertiary/aromatic N) is 1. The molecule has 2 N–H and O–H groups in total. The van der Waals surface area contributed by atoms with Gasteiger partial charge < -0.3 is 15.4 Å². The van der Waals surface area contributed by atoms with Crippen LogP contribution in [-0.2, 0) is 25.7 Å². The van der Waals surface area contributed by atoms with Gasteiger partial charge in [0, 0.05) is 6.54 Å². The Morgan fingerprint density at radius 3 is 2.63 bits per heavy atom. The van der Waals surface area contributed by atoms with Gasteiger partial charge in [-0.05, 0) is 30.9 Å². The number of carbonyl (C=O) groups excluding carboxylic acids is 4. The SMILES string of the molecule is Cc1ccccc1CNC(=O)COC(=O)CN1C(=O)NC2(CCCC2)C1=O. The number of rotatable bonds is 6. The quantitative estimate of drug-likeness (QED) is 0.572. The summed E-state index contributed by atoms with van der Waals surface area (Å²) in [6.45, 7) is 1.33. The maximum Gasteiger partial charge on any atom is 0.326 e. The number of esters is 1. The molecule has 3 rings (SSSR count). The van der Waals surface area contributed by atoms with E-state index in [0.29, 0.717) is 19.4 Å². The van der Waals surface area contributed by atoms with Crippen molar-refractivity contribution in [1.29, 1.82) is 0 Å². The van der Waals surface area contributed by atoms with Gasteiger partial charge in [-0.15, -0.1) is 0 Å². The zero-order valence-corrected chi connectivity index (χ0v) is 15.2. The molecule has 1 saturated heterocycles. The molecule has 144 valence electrons. The average molecular weight is 373 g/mol. The van der Waals surface area contributed by atoms with Gasteiger partial charge in [-0.25, -0.2) is 4.79 Å². The van der Waals surface area contributed by atoms with Gasteiger partial charge >= 0.3 is 12.0 Å². The molecule has 27 heavy (non-hydrogen) atoms. The minimum Gasteiger partial charge on any atom is -0.454 e. The number of hydrogen-bond donors (Lipinski definition) is 2. The van der Waals surface area contributed by atoms with Crippen LogP contribution in [0.3, 0.4) is 0 Å². The summed E-state index contributed by atoms with van der Waals surface area (Å²) in [6, 6.07) is 7.05. The van der Waals surface area contributed by atoms with E-state index in [9.17, 15) is 19.2 Å². The molecule has 0 aromatic heterocycles. The Balaban J connectivity index is 1.44. The Morgan fingerprint density at radius 2 is 1.93 bits per heavy atom. The van der Waals surface area contributed by atoms with Crippen molar-refractivity contribution in [2.24, 2.45) is 0 Å². The fourth-order valence-corrected chi connectivity index (χ4v) is 3.51. The number of amides is 4. The number of aryl methyl sites for hydroxylation is 1. The van der Waals surface area contributed by atoms with Crippen LogP contribution in [0.15, 0.2) is 24.3 Å². The molecule has 1 aliphatic heterocycles.